The summed E-state index contributed by atoms with van der Waals surface area (Å²) >= 11 is 0. The van der Waals surface area contributed by atoms with E-state index in [2.05, 4.69) is 5.32 Å². The highest BCUT2D eigenvalue weighted by Gasteiger charge is 2.09. The molecule has 0 aliphatic carbocycles. The smallest absolute Gasteiger partial charge is 0.337 e. The van der Waals surface area contributed by atoms with Crippen LogP contribution in [0, 0.1) is 6.92 Å². The van der Waals surface area contributed by atoms with E-state index in [0.717, 1.165) is 5.56 Å². The molecule has 1 aromatic rings. The lowest BCUT2D eigenvalue weighted by molar-refractivity contribution is -0.122. The van der Waals surface area contributed by atoms with Crippen molar-refractivity contribution < 1.29 is 19.4 Å². The van der Waals surface area contributed by atoms with E-state index in [0.29, 0.717) is 12.2 Å². The third kappa shape index (κ3) is 4.42. The van der Waals surface area contributed by atoms with E-state index in [4.69, 9.17) is 15.6 Å². The fourth-order valence-electron chi connectivity index (χ4n) is 1.42. The maximum atomic E-state index is 11.0. The molecule has 98 valence electrons. The number of carbonyl (C=O) groups is 2. The van der Waals surface area contributed by atoms with E-state index < -0.39 is 11.9 Å². The van der Waals surface area contributed by atoms with Crippen LogP contribution in [0.1, 0.15) is 15.9 Å². The van der Waals surface area contributed by atoms with E-state index in [-0.39, 0.29) is 18.8 Å². The Hall–Kier alpha value is -2.08. The Morgan fingerprint density at radius 2 is 2.17 bits per heavy atom. The number of ether oxygens (including phenoxy) is 1. The lowest BCUT2D eigenvalue weighted by Gasteiger charge is -2.10. The second kappa shape index (κ2) is 6.61. The fraction of sp³-hybridized carbons (Fsp3) is 0.333. The number of primary amides is 1. The third-order valence-corrected chi connectivity index (χ3v) is 2.21. The minimum atomic E-state index is -0.987. The van der Waals surface area contributed by atoms with Crippen LogP contribution >= 0.6 is 0 Å². The monoisotopic (exact) mass is 252 g/mol. The number of rotatable bonds is 7. The number of nitrogens with one attached hydrogen (secondary N) is 1. The number of aryl methyl sites for hydroxylation is 1. The molecule has 1 aromatic carbocycles. The molecule has 6 heteroatoms. The number of hydrogen-bond acceptors (Lipinski definition) is 4. The minimum absolute atomic E-state index is 0.138. The summed E-state index contributed by atoms with van der Waals surface area (Å²) in [5.41, 5.74) is 6.52. The summed E-state index contributed by atoms with van der Waals surface area (Å²) in [5.74, 6) is -1.52. The average molecular weight is 252 g/mol. The van der Waals surface area contributed by atoms with Gasteiger partial charge in [-0.25, -0.2) is 4.79 Å². The predicted octanol–water partition coefficient (Wildman–Crippen LogP) is 0.607. The number of hydrogen-bond donors (Lipinski definition) is 3. The number of carbonyl (C=O) groups excluding carboxylic acids is 1. The van der Waals surface area contributed by atoms with E-state index in [1.807, 2.05) is 13.0 Å². The van der Waals surface area contributed by atoms with Gasteiger partial charge in [0.2, 0.25) is 5.91 Å². The van der Waals surface area contributed by atoms with Crippen molar-refractivity contribution in [2.75, 3.05) is 25.1 Å². The quantitative estimate of drug-likeness (QED) is 0.617. The zero-order valence-corrected chi connectivity index (χ0v) is 10.1. The number of carboxylic acid groups (broad SMARTS) is 1. The summed E-state index contributed by atoms with van der Waals surface area (Å²) in [6.07, 6.45) is 0. The van der Waals surface area contributed by atoms with Crippen LogP contribution < -0.4 is 11.1 Å². The van der Waals surface area contributed by atoms with Gasteiger partial charge in [0.25, 0.3) is 0 Å². The lowest BCUT2D eigenvalue weighted by atomic mass is 10.1. The molecule has 0 aliphatic heterocycles. The van der Waals surface area contributed by atoms with Crippen LogP contribution in [0.4, 0.5) is 5.69 Å². The van der Waals surface area contributed by atoms with Crippen LogP contribution in [0.25, 0.3) is 0 Å². The van der Waals surface area contributed by atoms with Crippen molar-refractivity contribution >= 4 is 17.6 Å². The number of nitrogens with two attached hydrogens (primary N) is 1. The van der Waals surface area contributed by atoms with E-state index >= 15 is 0 Å². The summed E-state index contributed by atoms with van der Waals surface area (Å²) in [5, 5.41) is 12.0. The van der Waals surface area contributed by atoms with E-state index in [1.165, 1.54) is 0 Å². The summed E-state index contributed by atoms with van der Waals surface area (Å²) in [6.45, 7) is 2.36. The standard InChI is InChI=1S/C12H16N2O4/c1-8-2-3-10(9(6-8)12(16)17)14-4-5-18-7-11(13)15/h2-3,6,14H,4-5,7H2,1H3,(H2,13,15)(H,16,17). The van der Waals surface area contributed by atoms with E-state index in [1.54, 1.807) is 12.1 Å². The van der Waals surface area contributed by atoms with Crippen molar-refractivity contribution in [3.8, 4) is 0 Å². The van der Waals surface area contributed by atoms with E-state index in [9.17, 15) is 9.59 Å². The van der Waals surface area contributed by atoms with Gasteiger partial charge in [0.05, 0.1) is 12.2 Å². The summed E-state index contributed by atoms with van der Waals surface area (Å²) in [6, 6.07) is 5.11. The van der Waals surface area contributed by atoms with Gasteiger partial charge >= 0.3 is 5.97 Å². The van der Waals surface area contributed by atoms with Crippen LogP contribution in [-0.2, 0) is 9.53 Å². The van der Waals surface area contributed by atoms with Gasteiger partial charge in [-0.2, -0.15) is 0 Å². The number of anilines is 1. The first kappa shape index (κ1) is 14.0. The molecule has 0 radical (unpaired) electrons. The molecule has 0 unspecified atom stereocenters. The Morgan fingerprint density at radius 1 is 1.44 bits per heavy atom. The minimum Gasteiger partial charge on any atom is -0.478 e. The molecular weight excluding hydrogens is 236 g/mol. The molecule has 0 atom stereocenters. The molecule has 0 aromatic heterocycles. The summed E-state index contributed by atoms with van der Waals surface area (Å²) < 4.78 is 4.96. The molecule has 0 heterocycles. The highest BCUT2D eigenvalue weighted by molar-refractivity contribution is 5.94. The molecule has 1 rings (SSSR count). The molecule has 0 fully saturated rings. The largest absolute Gasteiger partial charge is 0.478 e. The second-order valence-corrected chi connectivity index (χ2v) is 3.80. The summed E-state index contributed by atoms with van der Waals surface area (Å²) in [7, 11) is 0. The van der Waals surface area contributed by atoms with Gasteiger partial charge in [0.1, 0.15) is 6.61 Å². The molecule has 18 heavy (non-hydrogen) atoms. The topological polar surface area (TPSA) is 102 Å². The molecule has 0 bridgehead atoms. The van der Waals surface area contributed by atoms with Crippen LogP contribution in [0.3, 0.4) is 0 Å². The molecular formula is C12H16N2O4. The van der Waals surface area contributed by atoms with Gasteiger partial charge in [-0.15, -0.1) is 0 Å². The molecule has 0 saturated carbocycles. The lowest BCUT2D eigenvalue weighted by Crippen LogP contribution is -2.21. The van der Waals surface area contributed by atoms with Gasteiger partial charge in [-0.05, 0) is 19.1 Å². The van der Waals surface area contributed by atoms with Crippen molar-refractivity contribution in [2.45, 2.75) is 6.92 Å². The van der Waals surface area contributed by atoms with Crippen LogP contribution in [-0.4, -0.2) is 36.7 Å². The molecule has 6 nitrogen and oxygen atoms in total. The van der Waals surface area contributed by atoms with Gasteiger partial charge in [0, 0.05) is 12.2 Å². The normalized spacial score (nSPS) is 10.1. The SMILES string of the molecule is Cc1ccc(NCCOCC(N)=O)c(C(=O)O)c1. The Balaban J connectivity index is 2.51. The predicted molar refractivity (Wildman–Crippen MR) is 66.6 cm³/mol. The van der Waals surface area contributed by atoms with Crippen molar-refractivity contribution in [1.29, 1.82) is 0 Å². The Morgan fingerprint density at radius 3 is 2.78 bits per heavy atom. The molecule has 0 saturated heterocycles. The summed E-state index contributed by atoms with van der Waals surface area (Å²) in [4.78, 5) is 21.4. The Bertz CT molecular complexity index is 446. The van der Waals surface area contributed by atoms with Crippen molar-refractivity contribution in [3.05, 3.63) is 29.3 Å². The van der Waals surface area contributed by atoms with Crippen LogP contribution in [0.2, 0.25) is 0 Å². The fourth-order valence-corrected chi connectivity index (χ4v) is 1.42. The van der Waals surface area contributed by atoms with Crippen LogP contribution in [0.15, 0.2) is 18.2 Å². The van der Waals surface area contributed by atoms with Crippen LogP contribution in [0.5, 0.6) is 0 Å². The van der Waals surface area contributed by atoms with Gasteiger partial charge < -0.3 is 20.9 Å². The first-order valence-corrected chi connectivity index (χ1v) is 5.44. The maximum Gasteiger partial charge on any atom is 0.337 e. The Labute approximate surface area is 105 Å². The van der Waals surface area contributed by atoms with Crippen molar-refractivity contribution in [1.82, 2.24) is 0 Å². The number of aromatic carboxylic acids is 1. The molecule has 4 N–H and O–H groups in total. The van der Waals surface area contributed by atoms with Crippen molar-refractivity contribution in [3.63, 3.8) is 0 Å². The average Bonchev–Trinajstić information content (AvgIpc) is 2.29. The van der Waals surface area contributed by atoms with Gasteiger partial charge in [-0.1, -0.05) is 11.6 Å². The zero-order valence-electron chi connectivity index (χ0n) is 10.1. The third-order valence-electron chi connectivity index (χ3n) is 2.21. The first-order chi connectivity index (χ1) is 8.50. The second-order valence-electron chi connectivity index (χ2n) is 3.80. The first-order valence-electron chi connectivity index (χ1n) is 5.44. The molecule has 0 spiro atoms. The molecule has 1 amide bonds. The van der Waals surface area contributed by atoms with Crippen molar-refractivity contribution in [2.24, 2.45) is 5.73 Å². The highest BCUT2D eigenvalue weighted by atomic mass is 16.5. The number of carboxylic acids is 1. The number of amides is 1. The van der Waals surface area contributed by atoms with Gasteiger partial charge in [-0.3, -0.25) is 4.79 Å². The highest BCUT2D eigenvalue weighted by Crippen LogP contribution is 2.16. The number of benzene rings is 1. The Kier molecular flexibility index (Phi) is 5.13. The molecule has 0 aliphatic rings. The van der Waals surface area contributed by atoms with Gasteiger partial charge in [0.15, 0.2) is 0 Å². The zero-order chi connectivity index (χ0) is 13.5. The maximum absolute atomic E-state index is 11.0.